The van der Waals surface area contributed by atoms with E-state index in [1.54, 1.807) is 29.4 Å². The number of nitrogens with one attached hydrogen (secondary N) is 1. The second kappa shape index (κ2) is 6.25. The molecule has 8 nitrogen and oxygen atoms in total. The van der Waals surface area contributed by atoms with Gasteiger partial charge in [0.1, 0.15) is 6.23 Å². The Morgan fingerprint density at radius 1 is 1.32 bits per heavy atom. The van der Waals surface area contributed by atoms with Crippen molar-refractivity contribution >= 4 is 17.5 Å². The van der Waals surface area contributed by atoms with Crippen LogP contribution in [0, 0.1) is 30.1 Å². The number of hydrogen-bond acceptors (Lipinski definition) is 7. The summed E-state index contributed by atoms with van der Waals surface area (Å²) in [5.41, 5.74) is 1.15. The Balaban J connectivity index is 1.40. The third-order valence-electron chi connectivity index (χ3n) is 7.53. The van der Waals surface area contributed by atoms with Gasteiger partial charge in [-0.3, -0.25) is 9.69 Å². The number of aromatic nitrogens is 2. The summed E-state index contributed by atoms with van der Waals surface area (Å²) in [4.78, 5) is 24.2. The highest BCUT2D eigenvalue weighted by atomic mass is 16.6. The Morgan fingerprint density at radius 2 is 2.13 bits per heavy atom. The number of nitrogens with zero attached hydrogens (tertiary/aromatic N) is 4. The minimum atomic E-state index is -0.573. The van der Waals surface area contributed by atoms with Gasteiger partial charge in [-0.25, -0.2) is 9.97 Å². The van der Waals surface area contributed by atoms with Crippen molar-refractivity contribution in [3.8, 4) is 6.07 Å². The number of benzene rings is 1. The fraction of sp³-hybridized carbons (Fsp3) is 0.478. The molecular weight excluding hydrogens is 394 g/mol. The highest BCUT2D eigenvalue weighted by Crippen LogP contribution is 2.65. The number of aryl methyl sites for hydroxylation is 1. The summed E-state index contributed by atoms with van der Waals surface area (Å²) >= 11 is 0. The van der Waals surface area contributed by atoms with Crippen LogP contribution in [0.25, 0.3) is 0 Å². The van der Waals surface area contributed by atoms with Crippen LogP contribution in [0.1, 0.15) is 30.9 Å². The molecule has 31 heavy (non-hydrogen) atoms. The highest BCUT2D eigenvalue weighted by molar-refractivity contribution is 6.00. The third kappa shape index (κ3) is 2.39. The zero-order chi connectivity index (χ0) is 21.4. The molecule has 0 radical (unpaired) electrons. The molecule has 158 valence electrons. The van der Waals surface area contributed by atoms with Crippen LogP contribution in [0.3, 0.4) is 0 Å². The van der Waals surface area contributed by atoms with Gasteiger partial charge in [-0.15, -0.1) is 0 Å². The topological polar surface area (TPSA) is 100 Å². The summed E-state index contributed by atoms with van der Waals surface area (Å²) in [6.45, 7) is 4.45. The summed E-state index contributed by atoms with van der Waals surface area (Å²) in [6.07, 6.45) is 4.48. The summed E-state index contributed by atoms with van der Waals surface area (Å²) in [7, 11) is 0. The quantitative estimate of drug-likeness (QED) is 0.818. The number of carbonyl (C=O) groups is 1. The van der Waals surface area contributed by atoms with E-state index in [0.29, 0.717) is 24.5 Å². The molecule has 2 aromatic rings. The minimum absolute atomic E-state index is 0.00278. The zero-order valence-electron chi connectivity index (χ0n) is 17.4. The van der Waals surface area contributed by atoms with E-state index in [9.17, 15) is 10.1 Å². The van der Waals surface area contributed by atoms with E-state index in [1.807, 2.05) is 26.0 Å². The van der Waals surface area contributed by atoms with Crippen molar-refractivity contribution < 1.29 is 14.3 Å². The number of rotatable bonds is 3. The fourth-order valence-corrected chi connectivity index (χ4v) is 6.34. The maximum atomic E-state index is 13.7. The lowest BCUT2D eigenvalue weighted by atomic mass is 9.64. The van der Waals surface area contributed by atoms with Crippen molar-refractivity contribution in [3.05, 3.63) is 47.8 Å². The smallest absolute Gasteiger partial charge is 0.235 e. The van der Waals surface area contributed by atoms with Crippen LogP contribution in [-0.4, -0.2) is 46.0 Å². The highest BCUT2D eigenvalue weighted by Gasteiger charge is 2.78. The number of amides is 1. The number of anilines is 2. The van der Waals surface area contributed by atoms with Gasteiger partial charge in [0.2, 0.25) is 11.9 Å². The van der Waals surface area contributed by atoms with Crippen LogP contribution in [-0.2, 0) is 14.3 Å². The Kier molecular flexibility index (Phi) is 3.78. The Labute approximate surface area is 180 Å². The molecular formula is C23H23N5O3. The standard InChI is InChI=1S/C23H23N5O3/c1-13-10-15(5-4-14(13)12-24)28-19(29)17-18-20(28)30-9-6-23(18)16(11-22(17,2)31-23)27-21-25-7-3-8-26-21/h3-5,7-8,10,16-18,20H,6,9,11H2,1-2H3,(H,25,26,27)/t16-,17+,18-,20-,22+,23-/m0/s1. The first-order valence-corrected chi connectivity index (χ1v) is 10.7. The Morgan fingerprint density at radius 3 is 2.87 bits per heavy atom. The lowest BCUT2D eigenvalue weighted by Crippen LogP contribution is -2.59. The van der Waals surface area contributed by atoms with Crippen molar-refractivity contribution in [3.63, 3.8) is 0 Å². The normalized spacial score (nSPS) is 37.6. The van der Waals surface area contributed by atoms with Gasteiger partial charge in [0, 0.05) is 24.5 Å². The molecule has 1 N–H and O–H groups in total. The minimum Gasteiger partial charge on any atom is -0.365 e. The second-order valence-electron chi connectivity index (χ2n) is 9.18. The summed E-state index contributed by atoms with van der Waals surface area (Å²) < 4.78 is 12.9. The molecule has 5 heterocycles. The largest absolute Gasteiger partial charge is 0.365 e. The van der Waals surface area contributed by atoms with E-state index in [-0.39, 0.29) is 30.0 Å². The van der Waals surface area contributed by atoms with Crippen molar-refractivity contribution in [2.45, 2.75) is 50.2 Å². The molecule has 1 amide bonds. The van der Waals surface area contributed by atoms with Gasteiger partial charge in [-0.05, 0) is 50.1 Å². The van der Waals surface area contributed by atoms with Crippen LogP contribution in [0.4, 0.5) is 11.6 Å². The van der Waals surface area contributed by atoms with Crippen LogP contribution in [0.15, 0.2) is 36.7 Å². The van der Waals surface area contributed by atoms with Crippen LogP contribution in [0.2, 0.25) is 0 Å². The monoisotopic (exact) mass is 417 g/mol. The summed E-state index contributed by atoms with van der Waals surface area (Å²) in [5.74, 6) is 0.276. The number of hydrogen-bond donors (Lipinski definition) is 1. The van der Waals surface area contributed by atoms with Crippen molar-refractivity contribution in [1.82, 2.24) is 9.97 Å². The fourth-order valence-electron chi connectivity index (χ4n) is 6.34. The average molecular weight is 417 g/mol. The Bertz CT molecular complexity index is 1120. The maximum Gasteiger partial charge on any atom is 0.235 e. The zero-order valence-corrected chi connectivity index (χ0v) is 17.4. The molecule has 0 aliphatic carbocycles. The molecule has 6 rings (SSSR count). The van der Waals surface area contributed by atoms with Gasteiger partial charge in [0.15, 0.2) is 0 Å². The van der Waals surface area contributed by atoms with Crippen molar-refractivity contribution in [2.75, 3.05) is 16.8 Å². The van der Waals surface area contributed by atoms with Gasteiger partial charge in [0.25, 0.3) is 0 Å². The first-order valence-electron chi connectivity index (χ1n) is 10.7. The lowest BCUT2D eigenvalue weighted by Gasteiger charge is -2.45. The molecule has 1 aromatic heterocycles. The Hall–Kier alpha value is -3.02. The van der Waals surface area contributed by atoms with E-state index < -0.39 is 11.2 Å². The summed E-state index contributed by atoms with van der Waals surface area (Å²) in [5, 5.41) is 12.8. The third-order valence-corrected chi connectivity index (χ3v) is 7.53. The van der Waals surface area contributed by atoms with Gasteiger partial charge in [-0.2, -0.15) is 5.26 Å². The van der Waals surface area contributed by atoms with Crippen molar-refractivity contribution in [2.24, 2.45) is 11.8 Å². The molecule has 1 aromatic carbocycles. The summed E-state index contributed by atoms with van der Waals surface area (Å²) in [6, 6.07) is 9.50. The molecule has 0 saturated carbocycles. The first-order chi connectivity index (χ1) is 15.0. The SMILES string of the molecule is Cc1cc(N2C(=O)[C@H]3[C@H]4[C@@H]2OCC[C@@]42O[C@]3(C)C[C@@H]2Nc2ncccn2)ccc1C#N. The molecule has 0 unspecified atom stereocenters. The lowest BCUT2D eigenvalue weighted by molar-refractivity contribution is -0.141. The number of ether oxygens (including phenoxy) is 2. The predicted octanol–water partition coefficient (Wildman–Crippen LogP) is 2.39. The molecule has 4 aliphatic rings. The van der Waals surface area contributed by atoms with Crippen molar-refractivity contribution in [1.29, 1.82) is 5.26 Å². The van der Waals surface area contributed by atoms with E-state index in [0.717, 1.165) is 17.7 Å². The molecule has 6 atom stereocenters. The maximum absolute atomic E-state index is 13.7. The van der Waals surface area contributed by atoms with Gasteiger partial charge in [0.05, 0.1) is 47.3 Å². The van der Waals surface area contributed by atoms with E-state index in [2.05, 4.69) is 21.4 Å². The second-order valence-corrected chi connectivity index (χ2v) is 9.18. The molecule has 4 saturated heterocycles. The molecule has 8 heteroatoms. The van der Waals surface area contributed by atoms with Crippen LogP contribution in [0.5, 0.6) is 0 Å². The average Bonchev–Trinajstić information content (AvgIpc) is 3.32. The molecule has 1 spiro atoms. The first kappa shape index (κ1) is 18.7. The molecule has 4 fully saturated rings. The number of nitriles is 1. The van der Waals surface area contributed by atoms with Gasteiger partial charge < -0.3 is 14.8 Å². The van der Waals surface area contributed by atoms with Crippen LogP contribution < -0.4 is 10.2 Å². The molecule has 4 aliphatic heterocycles. The van der Waals surface area contributed by atoms with Crippen LogP contribution >= 0.6 is 0 Å². The number of fused-ring (bicyclic) bond motifs is 2. The van der Waals surface area contributed by atoms with E-state index >= 15 is 0 Å². The van der Waals surface area contributed by atoms with Gasteiger partial charge >= 0.3 is 0 Å². The number of carbonyl (C=O) groups excluding carboxylic acids is 1. The van der Waals surface area contributed by atoms with Gasteiger partial charge in [-0.1, -0.05) is 0 Å². The predicted molar refractivity (Wildman–Crippen MR) is 111 cm³/mol. The molecule has 2 bridgehead atoms. The van der Waals surface area contributed by atoms with E-state index in [1.165, 1.54) is 0 Å². The van der Waals surface area contributed by atoms with E-state index in [4.69, 9.17) is 9.47 Å².